The van der Waals surface area contributed by atoms with Crippen molar-refractivity contribution in [1.29, 1.82) is 0 Å². The number of aliphatic imine (C=N–C) groups is 1. The molecule has 2 N–H and O–H groups in total. The third-order valence-corrected chi connectivity index (χ3v) is 4.25. The number of hydrogen-bond acceptors (Lipinski definition) is 6. The second-order valence-electron chi connectivity index (χ2n) is 6.46. The predicted molar refractivity (Wildman–Crippen MR) is 123 cm³/mol. The number of rotatable bonds is 10. The molecule has 0 aromatic carbocycles. The standard InChI is InChI=1S/C19H33N5O3.HI/c1-16-15-24(8-10-27-16)18-6-5-17(13-22-18)14-23-19(20-2)21-7-4-9-26-12-11-25-3;/h5-6,13,16H,4,7-12,14-15H2,1-3H3,(H2,20,21,23);1H. The minimum atomic E-state index is 0. The van der Waals surface area contributed by atoms with Crippen LogP contribution < -0.4 is 15.5 Å². The first-order valence-electron chi connectivity index (χ1n) is 9.55. The van der Waals surface area contributed by atoms with Crippen molar-refractivity contribution in [2.45, 2.75) is 26.0 Å². The molecule has 28 heavy (non-hydrogen) atoms. The van der Waals surface area contributed by atoms with Gasteiger partial charge in [-0.15, -0.1) is 24.0 Å². The minimum absolute atomic E-state index is 0. The molecule has 1 aliphatic heterocycles. The lowest BCUT2D eigenvalue weighted by molar-refractivity contribution is 0.0529. The van der Waals surface area contributed by atoms with Crippen molar-refractivity contribution in [3.05, 3.63) is 23.9 Å². The molecule has 1 saturated heterocycles. The molecule has 0 spiro atoms. The molecule has 0 aliphatic carbocycles. The first-order valence-corrected chi connectivity index (χ1v) is 9.55. The van der Waals surface area contributed by atoms with E-state index in [1.54, 1.807) is 14.2 Å². The van der Waals surface area contributed by atoms with Crippen LogP contribution in [0.4, 0.5) is 5.82 Å². The van der Waals surface area contributed by atoms with Crippen molar-refractivity contribution < 1.29 is 14.2 Å². The van der Waals surface area contributed by atoms with Gasteiger partial charge in [0, 0.05) is 53.1 Å². The second-order valence-corrected chi connectivity index (χ2v) is 6.46. The average Bonchev–Trinajstić information content (AvgIpc) is 2.70. The van der Waals surface area contributed by atoms with Gasteiger partial charge in [0.15, 0.2) is 5.96 Å². The maximum absolute atomic E-state index is 5.58. The van der Waals surface area contributed by atoms with Gasteiger partial charge in [0.2, 0.25) is 0 Å². The van der Waals surface area contributed by atoms with Crippen LogP contribution in [0.15, 0.2) is 23.3 Å². The maximum Gasteiger partial charge on any atom is 0.191 e. The Morgan fingerprint density at radius 1 is 1.32 bits per heavy atom. The molecule has 0 radical (unpaired) electrons. The van der Waals surface area contributed by atoms with Gasteiger partial charge in [-0.2, -0.15) is 0 Å². The van der Waals surface area contributed by atoms with Crippen LogP contribution in [0.5, 0.6) is 0 Å². The molecular formula is C19H34IN5O3. The molecule has 1 unspecified atom stereocenters. The van der Waals surface area contributed by atoms with Gasteiger partial charge >= 0.3 is 0 Å². The molecule has 0 bridgehead atoms. The molecule has 0 saturated carbocycles. The lowest BCUT2D eigenvalue weighted by Gasteiger charge is -2.32. The summed E-state index contributed by atoms with van der Waals surface area (Å²) in [6.45, 7) is 8.08. The molecule has 0 amide bonds. The van der Waals surface area contributed by atoms with E-state index in [2.05, 4.69) is 44.6 Å². The lowest BCUT2D eigenvalue weighted by atomic mass is 10.2. The highest BCUT2D eigenvalue weighted by atomic mass is 127. The Hall–Kier alpha value is -1.17. The summed E-state index contributed by atoms with van der Waals surface area (Å²) in [4.78, 5) is 11.1. The first kappa shape index (κ1) is 24.9. The van der Waals surface area contributed by atoms with Crippen LogP contribution >= 0.6 is 24.0 Å². The zero-order valence-electron chi connectivity index (χ0n) is 17.1. The zero-order valence-corrected chi connectivity index (χ0v) is 19.5. The van der Waals surface area contributed by atoms with Gasteiger partial charge in [-0.25, -0.2) is 4.98 Å². The topological polar surface area (TPSA) is 80.2 Å². The third kappa shape index (κ3) is 9.35. The van der Waals surface area contributed by atoms with Gasteiger partial charge in [0.05, 0.1) is 25.9 Å². The molecule has 2 rings (SSSR count). The second kappa shape index (κ2) is 14.8. The fourth-order valence-corrected chi connectivity index (χ4v) is 2.77. The number of methoxy groups -OCH3 is 1. The monoisotopic (exact) mass is 507 g/mol. The Balaban J connectivity index is 0.00000392. The number of nitrogens with one attached hydrogen (secondary N) is 2. The average molecular weight is 507 g/mol. The van der Waals surface area contributed by atoms with Gasteiger partial charge in [-0.05, 0) is 25.0 Å². The Labute approximate surface area is 185 Å². The number of guanidine groups is 1. The van der Waals surface area contributed by atoms with E-state index in [1.165, 1.54) is 0 Å². The van der Waals surface area contributed by atoms with E-state index < -0.39 is 0 Å². The van der Waals surface area contributed by atoms with Gasteiger partial charge in [0.1, 0.15) is 5.82 Å². The number of aromatic nitrogens is 1. The van der Waals surface area contributed by atoms with Gasteiger partial charge in [-0.3, -0.25) is 4.99 Å². The van der Waals surface area contributed by atoms with Crippen molar-refractivity contribution in [3.8, 4) is 0 Å². The molecule has 1 aromatic rings. The number of pyridine rings is 1. The normalized spacial score (nSPS) is 17.2. The smallest absolute Gasteiger partial charge is 0.191 e. The molecular weight excluding hydrogens is 473 g/mol. The first-order chi connectivity index (χ1) is 13.2. The summed E-state index contributed by atoms with van der Waals surface area (Å²) in [6, 6.07) is 4.18. The molecule has 1 aliphatic rings. The van der Waals surface area contributed by atoms with E-state index in [4.69, 9.17) is 14.2 Å². The maximum atomic E-state index is 5.58. The number of halogens is 1. The highest BCUT2D eigenvalue weighted by Gasteiger charge is 2.17. The molecule has 1 aromatic heterocycles. The number of anilines is 1. The van der Waals surface area contributed by atoms with Crippen molar-refractivity contribution in [1.82, 2.24) is 15.6 Å². The van der Waals surface area contributed by atoms with Crippen LogP contribution in [0.25, 0.3) is 0 Å². The van der Waals surface area contributed by atoms with Crippen LogP contribution in [0.1, 0.15) is 18.9 Å². The lowest BCUT2D eigenvalue weighted by Crippen LogP contribution is -2.41. The molecule has 9 heteroatoms. The van der Waals surface area contributed by atoms with E-state index in [0.717, 1.165) is 50.0 Å². The van der Waals surface area contributed by atoms with E-state index in [-0.39, 0.29) is 30.1 Å². The van der Waals surface area contributed by atoms with E-state index in [1.807, 2.05) is 6.20 Å². The summed E-state index contributed by atoms with van der Waals surface area (Å²) in [5.41, 5.74) is 1.12. The van der Waals surface area contributed by atoms with Gasteiger partial charge < -0.3 is 29.7 Å². The largest absolute Gasteiger partial charge is 0.382 e. The fourth-order valence-electron chi connectivity index (χ4n) is 2.77. The highest BCUT2D eigenvalue weighted by molar-refractivity contribution is 14.0. The van der Waals surface area contributed by atoms with Crippen LogP contribution in [-0.4, -0.2) is 77.3 Å². The van der Waals surface area contributed by atoms with Crippen LogP contribution in [0.2, 0.25) is 0 Å². The predicted octanol–water partition coefficient (Wildman–Crippen LogP) is 1.64. The molecule has 2 heterocycles. The molecule has 160 valence electrons. The fraction of sp³-hybridized carbons (Fsp3) is 0.684. The van der Waals surface area contributed by atoms with Crippen molar-refractivity contribution >= 4 is 35.8 Å². The van der Waals surface area contributed by atoms with Gasteiger partial charge in [0.25, 0.3) is 0 Å². The van der Waals surface area contributed by atoms with Gasteiger partial charge in [-0.1, -0.05) is 6.07 Å². The van der Waals surface area contributed by atoms with Crippen molar-refractivity contribution in [2.24, 2.45) is 4.99 Å². The Morgan fingerprint density at radius 2 is 2.18 bits per heavy atom. The number of ether oxygens (including phenoxy) is 3. The zero-order chi connectivity index (χ0) is 19.3. The molecule has 8 nitrogen and oxygen atoms in total. The van der Waals surface area contributed by atoms with Crippen molar-refractivity contribution in [3.63, 3.8) is 0 Å². The number of morpholine rings is 1. The number of hydrogen-bond donors (Lipinski definition) is 2. The van der Waals surface area contributed by atoms with E-state index in [9.17, 15) is 0 Å². The highest BCUT2D eigenvalue weighted by Crippen LogP contribution is 2.15. The Morgan fingerprint density at radius 3 is 2.86 bits per heavy atom. The third-order valence-electron chi connectivity index (χ3n) is 4.25. The Bertz CT molecular complexity index is 559. The van der Waals surface area contributed by atoms with Crippen molar-refractivity contribution in [2.75, 3.05) is 65.1 Å². The minimum Gasteiger partial charge on any atom is -0.382 e. The van der Waals surface area contributed by atoms with Crippen LogP contribution in [0.3, 0.4) is 0 Å². The van der Waals surface area contributed by atoms with Crippen LogP contribution in [0, 0.1) is 0 Å². The van der Waals surface area contributed by atoms with Crippen LogP contribution in [-0.2, 0) is 20.8 Å². The van der Waals surface area contributed by atoms with E-state index in [0.29, 0.717) is 26.4 Å². The summed E-state index contributed by atoms with van der Waals surface area (Å²) in [6.07, 6.45) is 3.08. The summed E-state index contributed by atoms with van der Waals surface area (Å²) >= 11 is 0. The summed E-state index contributed by atoms with van der Waals surface area (Å²) < 4.78 is 16.0. The summed E-state index contributed by atoms with van der Waals surface area (Å²) in [7, 11) is 3.44. The molecule has 1 atom stereocenters. The SMILES string of the molecule is CN=C(NCCCOCCOC)NCc1ccc(N2CCOC(C)C2)nc1.I. The van der Waals surface area contributed by atoms with E-state index >= 15 is 0 Å². The number of nitrogens with zero attached hydrogens (tertiary/aromatic N) is 3. The summed E-state index contributed by atoms with van der Waals surface area (Å²) in [5, 5.41) is 6.59. The Kier molecular flexibility index (Phi) is 13.1. The summed E-state index contributed by atoms with van der Waals surface area (Å²) in [5.74, 6) is 1.78. The quantitative estimate of drug-likeness (QED) is 0.216. The molecule has 1 fully saturated rings.